The van der Waals surface area contributed by atoms with Gasteiger partial charge in [0.15, 0.2) is 0 Å². The third-order valence-electron chi connectivity index (χ3n) is 2.11. The normalized spacial score (nSPS) is 12.3. The Morgan fingerprint density at radius 3 is 2.17 bits per heavy atom. The molecule has 0 heterocycles. The Balaban J connectivity index is 3.27. The van der Waals surface area contributed by atoms with Gasteiger partial charge in [-0.25, -0.2) is 0 Å². The first kappa shape index (κ1) is 14.8. The highest BCUT2D eigenvalue weighted by atomic mass is 32.1. The molecular formula is C12H15F3N2S. The topological polar surface area (TPSA) is 38.0 Å². The van der Waals surface area contributed by atoms with Gasteiger partial charge < -0.3 is 11.1 Å². The second-order valence-corrected chi connectivity index (χ2v) is 5.44. The van der Waals surface area contributed by atoms with Gasteiger partial charge in [-0.05, 0) is 39.0 Å². The standard InChI is InChI=1S/C12H15F3N2S/c1-11(2,3)17-7-4-5-8(10(16)18)9(6-7)12(13,14)15/h4-6,17H,1-3H3,(H2,16,18). The summed E-state index contributed by atoms with van der Waals surface area (Å²) in [6, 6.07) is 3.86. The van der Waals surface area contributed by atoms with Crippen LogP contribution >= 0.6 is 12.2 Å². The van der Waals surface area contributed by atoms with Crippen molar-refractivity contribution < 1.29 is 13.2 Å². The third kappa shape index (κ3) is 3.87. The first-order valence-corrected chi connectivity index (χ1v) is 5.71. The van der Waals surface area contributed by atoms with Crippen molar-refractivity contribution in [1.29, 1.82) is 0 Å². The van der Waals surface area contributed by atoms with Gasteiger partial charge in [-0.1, -0.05) is 12.2 Å². The highest BCUT2D eigenvalue weighted by Crippen LogP contribution is 2.34. The van der Waals surface area contributed by atoms with Gasteiger partial charge in [0.25, 0.3) is 0 Å². The predicted octanol–water partition coefficient (Wildman–Crippen LogP) is 3.55. The van der Waals surface area contributed by atoms with E-state index < -0.39 is 11.7 Å². The summed E-state index contributed by atoms with van der Waals surface area (Å²) in [5.74, 6) is 0. The fraction of sp³-hybridized carbons (Fsp3) is 0.417. The molecule has 0 spiro atoms. The van der Waals surface area contributed by atoms with E-state index in [9.17, 15) is 13.2 Å². The summed E-state index contributed by atoms with van der Waals surface area (Å²) in [5.41, 5.74) is 4.39. The number of alkyl halides is 3. The van der Waals surface area contributed by atoms with Gasteiger partial charge in [-0.3, -0.25) is 0 Å². The molecule has 3 N–H and O–H groups in total. The number of nitrogens with two attached hydrogens (primary N) is 1. The van der Waals surface area contributed by atoms with Crippen LogP contribution in [0.1, 0.15) is 31.9 Å². The maximum absolute atomic E-state index is 12.9. The van der Waals surface area contributed by atoms with E-state index in [1.54, 1.807) is 0 Å². The number of rotatable bonds is 2. The first-order valence-electron chi connectivity index (χ1n) is 5.30. The lowest BCUT2D eigenvalue weighted by atomic mass is 10.0. The molecule has 100 valence electrons. The number of benzene rings is 1. The van der Waals surface area contributed by atoms with E-state index in [4.69, 9.17) is 5.73 Å². The van der Waals surface area contributed by atoms with Crippen molar-refractivity contribution in [3.05, 3.63) is 29.3 Å². The molecule has 0 atom stereocenters. The molecule has 0 aliphatic heterocycles. The van der Waals surface area contributed by atoms with Crippen LogP contribution in [0.15, 0.2) is 18.2 Å². The summed E-state index contributed by atoms with van der Waals surface area (Å²) in [7, 11) is 0. The minimum atomic E-state index is -4.48. The smallest absolute Gasteiger partial charge is 0.389 e. The molecule has 18 heavy (non-hydrogen) atoms. The van der Waals surface area contributed by atoms with E-state index in [1.165, 1.54) is 12.1 Å². The maximum atomic E-state index is 12.9. The van der Waals surface area contributed by atoms with Crippen molar-refractivity contribution in [2.75, 3.05) is 5.32 Å². The predicted molar refractivity (Wildman–Crippen MR) is 70.7 cm³/mol. The molecule has 0 saturated carbocycles. The van der Waals surface area contributed by atoms with E-state index in [2.05, 4.69) is 17.5 Å². The molecule has 0 bridgehead atoms. The van der Waals surface area contributed by atoms with E-state index in [-0.39, 0.29) is 16.1 Å². The Labute approximate surface area is 109 Å². The van der Waals surface area contributed by atoms with Crippen LogP contribution in [-0.4, -0.2) is 10.5 Å². The van der Waals surface area contributed by atoms with Crippen LogP contribution in [0.5, 0.6) is 0 Å². The summed E-state index contributed by atoms with van der Waals surface area (Å²) in [4.78, 5) is -0.260. The third-order valence-corrected chi connectivity index (χ3v) is 2.33. The first-order chi connectivity index (χ1) is 8.00. The molecule has 1 rings (SSSR count). The molecule has 6 heteroatoms. The molecular weight excluding hydrogens is 261 g/mol. The Morgan fingerprint density at radius 2 is 1.78 bits per heavy atom. The van der Waals surface area contributed by atoms with Crippen LogP contribution in [0.2, 0.25) is 0 Å². The van der Waals surface area contributed by atoms with Crippen molar-refractivity contribution in [2.24, 2.45) is 5.73 Å². The molecule has 0 fully saturated rings. The Kier molecular flexibility index (Phi) is 3.90. The average molecular weight is 276 g/mol. The molecule has 0 aliphatic rings. The fourth-order valence-corrected chi connectivity index (χ4v) is 1.68. The van der Waals surface area contributed by atoms with Crippen molar-refractivity contribution in [3.8, 4) is 0 Å². The minimum Gasteiger partial charge on any atom is -0.389 e. The van der Waals surface area contributed by atoms with Crippen molar-refractivity contribution in [3.63, 3.8) is 0 Å². The van der Waals surface area contributed by atoms with Crippen LogP contribution in [-0.2, 0) is 6.18 Å². The van der Waals surface area contributed by atoms with Gasteiger partial charge in [-0.2, -0.15) is 13.2 Å². The summed E-state index contributed by atoms with van der Waals surface area (Å²) in [5, 5.41) is 2.98. The number of thiocarbonyl (C=S) groups is 1. The van der Waals surface area contributed by atoms with E-state index in [1.807, 2.05) is 20.8 Å². The maximum Gasteiger partial charge on any atom is 0.417 e. The molecule has 1 aromatic rings. The van der Waals surface area contributed by atoms with Crippen LogP contribution in [0, 0.1) is 0 Å². The van der Waals surface area contributed by atoms with Crippen molar-refractivity contribution >= 4 is 22.9 Å². The molecule has 2 nitrogen and oxygen atoms in total. The number of hydrogen-bond acceptors (Lipinski definition) is 2. The molecule has 1 aromatic carbocycles. The van der Waals surface area contributed by atoms with Gasteiger partial charge in [-0.15, -0.1) is 0 Å². The molecule has 0 unspecified atom stereocenters. The summed E-state index contributed by atoms with van der Waals surface area (Å²) in [6.45, 7) is 5.59. The lowest BCUT2D eigenvalue weighted by Gasteiger charge is -2.23. The van der Waals surface area contributed by atoms with E-state index in [0.717, 1.165) is 6.07 Å². The minimum absolute atomic E-state index is 0.156. The number of hydrogen-bond donors (Lipinski definition) is 2. The van der Waals surface area contributed by atoms with E-state index >= 15 is 0 Å². The van der Waals surface area contributed by atoms with Gasteiger partial charge >= 0.3 is 6.18 Å². The van der Waals surface area contributed by atoms with E-state index in [0.29, 0.717) is 5.69 Å². The van der Waals surface area contributed by atoms with Gasteiger partial charge in [0.2, 0.25) is 0 Å². The molecule has 0 radical (unpaired) electrons. The molecule has 0 aromatic heterocycles. The van der Waals surface area contributed by atoms with Crippen molar-refractivity contribution in [2.45, 2.75) is 32.5 Å². The Bertz CT molecular complexity index is 461. The largest absolute Gasteiger partial charge is 0.417 e. The number of nitrogens with one attached hydrogen (secondary N) is 1. The SMILES string of the molecule is CC(C)(C)Nc1ccc(C(N)=S)c(C(F)(F)F)c1. The van der Waals surface area contributed by atoms with Crippen LogP contribution in [0.25, 0.3) is 0 Å². The van der Waals surface area contributed by atoms with Crippen LogP contribution in [0.3, 0.4) is 0 Å². The van der Waals surface area contributed by atoms with Crippen LogP contribution in [0.4, 0.5) is 18.9 Å². The quantitative estimate of drug-likeness (QED) is 0.811. The second kappa shape index (κ2) is 4.76. The number of halogens is 3. The average Bonchev–Trinajstić information content (AvgIpc) is 2.13. The highest BCUT2D eigenvalue weighted by Gasteiger charge is 2.34. The van der Waals surface area contributed by atoms with Crippen LogP contribution < -0.4 is 11.1 Å². The summed E-state index contributed by atoms with van der Waals surface area (Å²) >= 11 is 4.63. The summed E-state index contributed by atoms with van der Waals surface area (Å²) < 4.78 is 38.6. The Hall–Kier alpha value is -1.30. The lowest BCUT2D eigenvalue weighted by molar-refractivity contribution is -0.137. The summed E-state index contributed by atoms with van der Waals surface area (Å²) in [6.07, 6.45) is -4.48. The zero-order valence-corrected chi connectivity index (χ0v) is 11.2. The highest BCUT2D eigenvalue weighted by molar-refractivity contribution is 7.80. The Morgan fingerprint density at radius 1 is 1.22 bits per heavy atom. The molecule has 0 aliphatic carbocycles. The lowest BCUT2D eigenvalue weighted by Crippen LogP contribution is -2.26. The zero-order chi connectivity index (χ0) is 14.1. The fourth-order valence-electron chi connectivity index (χ4n) is 1.50. The molecule has 0 saturated heterocycles. The monoisotopic (exact) mass is 276 g/mol. The number of anilines is 1. The second-order valence-electron chi connectivity index (χ2n) is 5.00. The van der Waals surface area contributed by atoms with Gasteiger partial charge in [0, 0.05) is 16.8 Å². The molecule has 0 amide bonds. The van der Waals surface area contributed by atoms with Gasteiger partial charge in [0.1, 0.15) is 4.99 Å². The van der Waals surface area contributed by atoms with Gasteiger partial charge in [0.05, 0.1) is 5.56 Å². The zero-order valence-electron chi connectivity index (χ0n) is 10.4. The van der Waals surface area contributed by atoms with Crippen molar-refractivity contribution in [1.82, 2.24) is 0 Å².